The smallest absolute Gasteiger partial charge is 0.280 e. The molecule has 166 valence electrons. The lowest BCUT2D eigenvalue weighted by atomic mass is 9.97. The fourth-order valence-electron chi connectivity index (χ4n) is 4.20. The highest BCUT2D eigenvalue weighted by molar-refractivity contribution is 5.70. The van der Waals surface area contributed by atoms with Crippen LogP contribution in [0, 0.1) is 6.92 Å². The van der Waals surface area contributed by atoms with E-state index in [-0.39, 0.29) is 5.69 Å². The molecule has 4 heterocycles. The third-order valence-corrected chi connectivity index (χ3v) is 5.94. The molecule has 1 aromatic carbocycles. The van der Waals surface area contributed by atoms with Crippen LogP contribution in [0.3, 0.4) is 0 Å². The number of alkyl halides is 2. The molecule has 1 N–H and O–H groups in total. The minimum atomic E-state index is -2.57. The van der Waals surface area contributed by atoms with Crippen molar-refractivity contribution >= 4 is 5.70 Å². The van der Waals surface area contributed by atoms with E-state index in [1.54, 1.807) is 6.07 Å². The Morgan fingerprint density at radius 1 is 0.970 bits per heavy atom. The van der Waals surface area contributed by atoms with Crippen LogP contribution in [0.4, 0.5) is 8.78 Å². The Kier molecular flexibility index (Phi) is 5.73. The van der Waals surface area contributed by atoms with Crippen molar-refractivity contribution in [2.24, 2.45) is 0 Å². The molecule has 6 heteroatoms. The second kappa shape index (κ2) is 8.98. The summed E-state index contributed by atoms with van der Waals surface area (Å²) in [4.78, 5) is 10.3. The molecule has 33 heavy (non-hydrogen) atoms. The van der Waals surface area contributed by atoms with Gasteiger partial charge >= 0.3 is 0 Å². The van der Waals surface area contributed by atoms with Crippen LogP contribution >= 0.6 is 0 Å². The lowest BCUT2D eigenvalue weighted by molar-refractivity contribution is 0.146. The van der Waals surface area contributed by atoms with E-state index < -0.39 is 6.43 Å². The topological polar surface area (TPSA) is 41.0 Å². The Bertz CT molecular complexity index is 1260. The summed E-state index contributed by atoms with van der Waals surface area (Å²) >= 11 is 0. The standard InChI is InChI=1S/C27H24F2N4/c1-18-12-23(7-9-30-18)25-13-22-8-11-33(17-24(22)15-32-25)16-19-2-4-20(5-3-19)21-6-10-31-26(14-21)27(28)29/h2-14,27,32H,15-17H2,1H3. The van der Waals surface area contributed by atoms with Gasteiger partial charge in [0.2, 0.25) is 0 Å². The molecule has 0 atom stereocenters. The Hall–Kier alpha value is -3.80. The molecule has 0 amide bonds. The second-order valence-electron chi connectivity index (χ2n) is 8.34. The number of allylic oxidation sites excluding steroid dienone is 3. The van der Waals surface area contributed by atoms with Crippen LogP contribution in [0.1, 0.15) is 28.9 Å². The van der Waals surface area contributed by atoms with Crippen LogP contribution in [0.15, 0.2) is 90.4 Å². The van der Waals surface area contributed by atoms with E-state index >= 15 is 0 Å². The molecule has 5 rings (SSSR count). The number of pyridine rings is 2. The summed E-state index contributed by atoms with van der Waals surface area (Å²) in [6.45, 7) is 4.46. The van der Waals surface area contributed by atoms with Crippen LogP contribution in [-0.2, 0) is 6.54 Å². The number of benzene rings is 1. The molecule has 0 spiro atoms. The van der Waals surface area contributed by atoms with Gasteiger partial charge in [-0.25, -0.2) is 8.78 Å². The fourth-order valence-corrected chi connectivity index (χ4v) is 4.20. The van der Waals surface area contributed by atoms with Crippen LogP contribution in [0.2, 0.25) is 0 Å². The van der Waals surface area contributed by atoms with Crippen LogP contribution in [-0.4, -0.2) is 28.0 Å². The lowest BCUT2D eigenvalue weighted by Crippen LogP contribution is -2.30. The van der Waals surface area contributed by atoms with Crippen molar-refractivity contribution in [1.29, 1.82) is 0 Å². The third kappa shape index (κ3) is 4.70. The van der Waals surface area contributed by atoms with Crippen molar-refractivity contribution < 1.29 is 8.78 Å². The maximum absolute atomic E-state index is 12.9. The van der Waals surface area contributed by atoms with Gasteiger partial charge in [-0.3, -0.25) is 9.97 Å². The maximum Gasteiger partial charge on any atom is 0.280 e. The minimum Gasteiger partial charge on any atom is -0.381 e. The highest BCUT2D eigenvalue weighted by atomic mass is 19.3. The average Bonchev–Trinajstić information content (AvgIpc) is 2.84. The summed E-state index contributed by atoms with van der Waals surface area (Å²) in [7, 11) is 0. The van der Waals surface area contributed by atoms with Gasteiger partial charge in [0.15, 0.2) is 0 Å². The third-order valence-electron chi connectivity index (χ3n) is 5.94. The molecule has 0 radical (unpaired) electrons. The molecule has 2 aliphatic heterocycles. The van der Waals surface area contributed by atoms with Gasteiger partial charge in [-0.15, -0.1) is 0 Å². The first kappa shape index (κ1) is 21.1. The zero-order valence-electron chi connectivity index (χ0n) is 18.3. The van der Waals surface area contributed by atoms with Crippen molar-refractivity contribution in [3.63, 3.8) is 0 Å². The van der Waals surface area contributed by atoms with Crippen molar-refractivity contribution in [3.8, 4) is 11.1 Å². The van der Waals surface area contributed by atoms with Crippen molar-refractivity contribution in [3.05, 3.63) is 113 Å². The quantitative estimate of drug-likeness (QED) is 0.554. The molecule has 0 aliphatic carbocycles. The Balaban J connectivity index is 1.26. The first-order valence-corrected chi connectivity index (χ1v) is 10.9. The van der Waals surface area contributed by atoms with E-state index in [1.807, 2.05) is 31.3 Å². The first-order chi connectivity index (χ1) is 16.0. The summed E-state index contributed by atoms with van der Waals surface area (Å²) in [6.07, 6.45) is 7.23. The Morgan fingerprint density at radius 3 is 2.55 bits per heavy atom. The number of hydrogen-bond donors (Lipinski definition) is 1. The van der Waals surface area contributed by atoms with Crippen molar-refractivity contribution in [2.75, 3.05) is 13.1 Å². The molecule has 4 nitrogen and oxygen atoms in total. The molecule has 2 aromatic heterocycles. The number of halogens is 2. The zero-order chi connectivity index (χ0) is 22.8. The maximum atomic E-state index is 12.9. The number of nitrogens with one attached hydrogen (secondary N) is 1. The average molecular weight is 443 g/mol. The van der Waals surface area contributed by atoms with E-state index in [0.717, 1.165) is 47.7 Å². The summed E-state index contributed by atoms with van der Waals surface area (Å²) in [5.41, 5.74) is 8.53. The SMILES string of the molecule is Cc1cc(C2=CC3=C(CN2)CN(Cc2ccc(-c4ccnc(C(F)F)c4)cc2)C=C3)ccn1. The van der Waals surface area contributed by atoms with Crippen LogP contribution in [0.5, 0.6) is 0 Å². The minimum absolute atomic E-state index is 0.198. The molecule has 2 aliphatic rings. The zero-order valence-corrected chi connectivity index (χ0v) is 18.3. The summed E-state index contributed by atoms with van der Waals surface area (Å²) in [5.74, 6) is 0. The van der Waals surface area contributed by atoms with E-state index in [9.17, 15) is 8.78 Å². The molecule has 0 saturated carbocycles. The number of dihydropyridines is 1. The molecular weight excluding hydrogens is 418 g/mol. The number of rotatable bonds is 5. The van der Waals surface area contributed by atoms with E-state index in [2.05, 4.69) is 56.7 Å². The van der Waals surface area contributed by atoms with E-state index in [1.165, 1.54) is 29.0 Å². The van der Waals surface area contributed by atoms with Gasteiger partial charge in [-0.05, 0) is 71.2 Å². The van der Waals surface area contributed by atoms with Gasteiger partial charge in [-0.2, -0.15) is 0 Å². The van der Waals surface area contributed by atoms with Crippen LogP contribution < -0.4 is 5.32 Å². The van der Waals surface area contributed by atoms with Gasteiger partial charge in [0, 0.05) is 55.2 Å². The lowest BCUT2D eigenvalue weighted by Gasteiger charge is -2.30. The Morgan fingerprint density at radius 2 is 1.76 bits per heavy atom. The summed E-state index contributed by atoms with van der Waals surface area (Å²) in [5, 5.41) is 3.54. The van der Waals surface area contributed by atoms with Gasteiger partial charge in [-0.1, -0.05) is 24.3 Å². The second-order valence-corrected chi connectivity index (χ2v) is 8.34. The largest absolute Gasteiger partial charge is 0.381 e. The van der Waals surface area contributed by atoms with E-state index in [0.29, 0.717) is 0 Å². The normalized spacial score (nSPS) is 15.4. The van der Waals surface area contributed by atoms with Gasteiger partial charge in [0.25, 0.3) is 6.43 Å². The predicted molar refractivity (Wildman–Crippen MR) is 126 cm³/mol. The van der Waals surface area contributed by atoms with Gasteiger partial charge in [0.05, 0.1) is 0 Å². The van der Waals surface area contributed by atoms with Crippen molar-refractivity contribution in [2.45, 2.75) is 19.9 Å². The number of aryl methyl sites for hydroxylation is 1. The molecule has 0 bridgehead atoms. The number of hydrogen-bond acceptors (Lipinski definition) is 4. The molecule has 0 unspecified atom stereocenters. The monoisotopic (exact) mass is 442 g/mol. The van der Waals surface area contributed by atoms with Gasteiger partial charge in [0.1, 0.15) is 5.69 Å². The van der Waals surface area contributed by atoms with Crippen molar-refractivity contribution in [1.82, 2.24) is 20.2 Å². The molecule has 0 saturated heterocycles. The highest BCUT2D eigenvalue weighted by Crippen LogP contribution is 2.27. The number of aromatic nitrogens is 2. The summed E-state index contributed by atoms with van der Waals surface area (Å²) < 4.78 is 25.9. The molecule has 3 aromatic rings. The molecule has 0 fully saturated rings. The Labute approximate surface area is 192 Å². The molecular formula is C27H24F2N4. The fraction of sp³-hybridized carbons (Fsp3) is 0.185. The van der Waals surface area contributed by atoms with E-state index in [4.69, 9.17) is 0 Å². The van der Waals surface area contributed by atoms with Gasteiger partial charge < -0.3 is 10.2 Å². The highest BCUT2D eigenvalue weighted by Gasteiger charge is 2.18. The first-order valence-electron chi connectivity index (χ1n) is 10.9. The summed E-state index contributed by atoms with van der Waals surface area (Å²) in [6, 6.07) is 15.4. The van der Waals surface area contributed by atoms with Crippen LogP contribution in [0.25, 0.3) is 16.8 Å². The number of nitrogens with zero attached hydrogens (tertiary/aromatic N) is 3. The predicted octanol–water partition coefficient (Wildman–Crippen LogP) is 5.66.